The average Bonchev–Trinajstić information content (AvgIpc) is 2.86. The van der Waals surface area contributed by atoms with Crippen LogP contribution in [-0.2, 0) is 4.79 Å². The smallest absolute Gasteiger partial charge is 0.251 e. The van der Waals surface area contributed by atoms with E-state index in [1.807, 2.05) is 44.2 Å². The summed E-state index contributed by atoms with van der Waals surface area (Å²) in [6.07, 6.45) is 0.860. The molecule has 0 fully saturated rings. The van der Waals surface area contributed by atoms with E-state index >= 15 is 0 Å². The molecule has 3 rings (SSSR count). The van der Waals surface area contributed by atoms with Gasteiger partial charge >= 0.3 is 0 Å². The molecule has 1 atom stereocenters. The minimum absolute atomic E-state index is 0.0154. The lowest BCUT2D eigenvalue weighted by atomic mass is 10.1. The molecular formula is C27H30N4O3. The second-order valence-electron chi connectivity index (χ2n) is 7.93. The van der Waals surface area contributed by atoms with Crippen LogP contribution < -0.4 is 21.3 Å². The number of benzene rings is 3. The second kappa shape index (κ2) is 12.2. The summed E-state index contributed by atoms with van der Waals surface area (Å²) < 4.78 is 0. The highest BCUT2D eigenvalue weighted by atomic mass is 16.2. The highest BCUT2D eigenvalue weighted by Gasteiger charge is 2.12. The monoisotopic (exact) mass is 458 g/mol. The van der Waals surface area contributed by atoms with E-state index in [1.165, 1.54) is 0 Å². The molecule has 1 unspecified atom stereocenters. The van der Waals surface area contributed by atoms with Crippen molar-refractivity contribution >= 4 is 29.1 Å². The molecule has 0 bridgehead atoms. The van der Waals surface area contributed by atoms with Crippen LogP contribution in [0.4, 0.5) is 11.4 Å². The first-order chi connectivity index (χ1) is 16.5. The molecule has 0 aliphatic heterocycles. The minimum atomic E-state index is -0.268. The molecule has 3 aromatic carbocycles. The standard InChI is InChI=1S/C27H30N4O3/c1-3-15-28-26(33)21-11-7-13-23(16-21)29-18-25(32)31-24-14-8-12-22(17-24)27(34)30-19(2)20-9-5-4-6-10-20/h4-14,16-17,19,29H,3,15,18H2,1-2H3,(H,28,33)(H,30,34)(H,31,32). The number of amides is 3. The van der Waals surface area contributed by atoms with Crippen LogP contribution >= 0.6 is 0 Å². The molecule has 34 heavy (non-hydrogen) atoms. The van der Waals surface area contributed by atoms with E-state index in [-0.39, 0.29) is 30.3 Å². The number of rotatable bonds is 10. The van der Waals surface area contributed by atoms with Gasteiger partial charge in [-0.2, -0.15) is 0 Å². The third-order valence-electron chi connectivity index (χ3n) is 5.17. The summed E-state index contributed by atoms with van der Waals surface area (Å²) in [7, 11) is 0. The molecule has 0 aliphatic rings. The summed E-state index contributed by atoms with van der Waals surface area (Å²) in [6.45, 7) is 4.54. The van der Waals surface area contributed by atoms with Crippen molar-refractivity contribution in [1.82, 2.24) is 10.6 Å². The summed E-state index contributed by atoms with van der Waals surface area (Å²) in [6, 6.07) is 23.4. The molecule has 7 heteroatoms. The van der Waals surface area contributed by atoms with Crippen molar-refractivity contribution in [1.29, 1.82) is 0 Å². The number of anilines is 2. The molecule has 4 N–H and O–H groups in total. The molecule has 0 saturated carbocycles. The zero-order valence-electron chi connectivity index (χ0n) is 19.4. The van der Waals surface area contributed by atoms with Gasteiger partial charge in [-0.15, -0.1) is 0 Å². The fourth-order valence-electron chi connectivity index (χ4n) is 3.34. The van der Waals surface area contributed by atoms with Crippen molar-refractivity contribution in [2.75, 3.05) is 23.7 Å². The van der Waals surface area contributed by atoms with Crippen LogP contribution in [0.3, 0.4) is 0 Å². The van der Waals surface area contributed by atoms with Crippen LogP contribution in [-0.4, -0.2) is 30.8 Å². The van der Waals surface area contributed by atoms with Gasteiger partial charge in [-0.05, 0) is 55.3 Å². The van der Waals surface area contributed by atoms with Crippen molar-refractivity contribution in [3.8, 4) is 0 Å². The fraction of sp³-hybridized carbons (Fsp3) is 0.222. The molecule has 176 valence electrons. The Balaban J connectivity index is 1.54. The van der Waals surface area contributed by atoms with Crippen LogP contribution in [0.5, 0.6) is 0 Å². The van der Waals surface area contributed by atoms with Crippen LogP contribution in [0.15, 0.2) is 78.9 Å². The third-order valence-corrected chi connectivity index (χ3v) is 5.17. The van der Waals surface area contributed by atoms with Crippen LogP contribution in [0.1, 0.15) is 52.6 Å². The van der Waals surface area contributed by atoms with Gasteiger partial charge in [-0.25, -0.2) is 0 Å². The lowest BCUT2D eigenvalue weighted by Crippen LogP contribution is -2.27. The van der Waals surface area contributed by atoms with E-state index in [0.29, 0.717) is 29.0 Å². The van der Waals surface area contributed by atoms with Crippen molar-refractivity contribution in [3.63, 3.8) is 0 Å². The van der Waals surface area contributed by atoms with Gasteiger partial charge in [0, 0.05) is 29.0 Å². The molecule has 3 amide bonds. The van der Waals surface area contributed by atoms with Gasteiger partial charge in [0.15, 0.2) is 0 Å². The van der Waals surface area contributed by atoms with E-state index in [0.717, 1.165) is 12.0 Å². The minimum Gasteiger partial charge on any atom is -0.376 e. The van der Waals surface area contributed by atoms with Gasteiger partial charge < -0.3 is 21.3 Å². The topological polar surface area (TPSA) is 99.3 Å². The van der Waals surface area contributed by atoms with E-state index < -0.39 is 0 Å². The van der Waals surface area contributed by atoms with Crippen LogP contribution in [0.25, 0.3) is 0 Å². The van der Waals surface area contributed by atoms with Gasteiger partial charge in [0.25, 0.3) is 11.8 Å². The molecule has 3 aromatic rings. The zero-order valence-corrected chi connectivity index (χ0v) is 19.4. The molecule has 0 spiro atoms. The Labute approximate surface area is 200 Å². The predicted octanol–water partition coefficient (Wildman–Crippen LogP) is 4.37. The first kappa shape index (κ1) is 24.5. The summed E-state index contributed by atoms with van der Waals surface area (Å²) in [5, 5.41) is 11.6. The maximum Gasteiger partial charge on any atom is 0.251 e. The Morgan fingerprint density at radius 2 is 1.44 bits per heavy atom. The number of hydrogen-bond donors (Lipinski definition) is 4. The quantitative estimate of drug-likeness (QED) is 0.363. The summed E-state index contributed by atoms with van der Waals surface area (Å²) in [5.74, 6) is -0.633. The third kappa shape index (κ3) is 7.20. The largest absolute Gasteiger partial charge is 0.376 e. The van der Waals surface area contributed by atoms with Gasteiger partial charge in [0.2, 0.25) is 5.91 Å². The van der Waals surface area contributed by atoms with Gasteiger partial charge in [0.1, 0.15) is 0 Å². The SMILES string of the molecule is CCCNC(=O)c1cccc(NCC(=O)Nc2cccc(C(=O)NC(C)c3ccccc3)c2)c1. The molecular weight excluding hydrogens is 428 g/mol. The normalized spacial score (nSPS) is 11.2. The van der Waals surface area contributed by atoms with E-state index in [4.69, 9.17) is 0 Å². The number of carbonyl (C=O) groups is 3. The number of nitrogens with one attached hydrogen (secondary N) is 4. The van der Waals surface area contributed by atoms with Gasteiger partial charge in [0.05, 0.1) is 12.6 Å². The molecule has 0 saturated heterocycles. The van der Waals surface area contributed by atoms with Crippen molar-refractivity contribution in [2.45, 2.75) is 26.3 Å². The molecule has 0 heterocycles. The molecule has 0 aromatic heterocycles. The predicted molar refractivity (Wildman–Crippen MR) is 135 cm³/mol. The Morgan fingerprint density at radius 3 is 2.15 bits per heavy atom. The fourth-order valence-corrected chi connectivity index (χ4v) is 3.34. The zero-order chi connectivity index (χ0) is 24.3. The lowest BCUT2D eigenvalue weighted by Gasteiger charge is -2.15. The highest BCUT2D eigenvalue weighted by Crippen LogP contribution is 2.15. The summed E-state index contributed by atoms with van der Waals surface area (Å²) in [4.78, 5) is 37.2. The van der Waals surface area contributed by atoms with E-state index in [1.54, 1.807) is 48.5 Å². The lowest BCUT2D eigenvalue weighted by molar-refractivity contribution is -0.114. The molecule has 0 radical (unpaired) electrons. The average molecular weight is 459 g/mol. The Morgan fingerprint density at radius 1 is 0.794 bits per heavy atom. The summed E-state index contributed by atoms with van der Waals surface area (Å²) >= 11 is 0. The summed E-state index contributed by atoms with van der Waals surface area (Å²) in [5.41, 5.74) is 3.20. The van der Waals surface area contributed by atoms with Gasteiger partial charge in [-0.1, -0.05) is 49.4 Å². The van der Waals surface area contributed by atoms with Crippen molar-refractivity contribution < 1.29 is 14.4 Å². The van der Waals surface area contributed by atoms with E-state index in [2.05, 4.69) is 21.3 Å². The number of hydrogen-bond acceptors (Lipinski definition) is 4. The Hall–Kier alpha value is -4.13. The molecule has 7 nitrogen and oxygen atoms in total. The molecule has 0 aliphatic carbocycles. The van der Waals surface area contributed by atoms with Crippen LogP contribution in [0, 0.1) is 0 Å². The van der Waals surface area contributed by atoms with Crippen molar-refractivity contribution in [3.05, 3.63) is 95.6 Å². The maximum absolute atomic E-state index is 12.7. The second-order valence-corrected chi connectivity index (χ2v) is 7.93. The first-order valence-corrected chi connectivity index (χ1v) is 11.3. The van der Waals surface area contributed by atoms with Crippen molar-refractivity contribution in [2.24, 2.45) is 0 Å². The Kier molecular flexibility index (Phi) is 8.80. The van der Waals surface area contributed by atoms with E-state index in [9.17, 15) is 14.4 Å². The van der Waals surface area contributed by atoms with Crippen LogP contribution in [0.2, 0.25) is 0 Å². The first-order valence-electron chi connectivity index (χ1n) is 11.3. The maximum atomic E-state index is 12.7. The van der Waals surface area contributed by atoms with Gasteiger partial charge in [-0.3, -0.25) is 14.4 Å². The Bertz CT molecular complexity index is 1130. The highest BCUT2D eigenvalue weighted by molar-refractivity contribution is 5.98. The number of carbonyl (C=O) groups excluding carboxylic acids is 3.